The molecule has 7 heteroatoms. The van der Waals surface area contributed by atoms with Crippen LogP contribution in [0.4, 0.5) is 5.82 Å². The Hall–Kier alpha value is -4.05. The topological polar surface area (TPSA) is 85.6 Å². The van der Waals surface area contributed by atoms with Crippen molar-refractivity contribution in [3.8, 4) is 11.8 Å². The summed E-state index contributed by atoms with van der Waals surface area (Å²) in [5.74, 6) is 6.59. The van der Waals surface area contributed by atoms with E-state index in [-0.39, 0.29) is 5.91 Å². The normalized spacial score (nSPS) is 10.5. The fourth-order valence-corrected chi connectivity index (χ4v) is 3.34. The van der Waals surface area contributed by atoms with Crippen LogP contribution in [0, 0.1) is 11.8 Å². The van der Waals surface area contributed by atoms with E-state index in [0.29, 0.717) is 29.1 Å². The summed E-state index contributed by atoms with van der Waals surface area (Å²) in [5.41, 5.74) is 3.74. The predicted octanol–water partition coefficient (Wildman–Crippen LogP) is 4.45. The summed E-state index contributed by atoms with van der Waals surface area (Å²) in [6.45, 7) is 2.79. The number of benzene rings is 1. The molecular formula is C25H24N6O. The Morgan fingerprint density at radius 2 is 2.06 bits per heavy atom. The summed E-state index contributed by atoms with van der Waals surface area (Å²) >= 11 is 0. The average molecular weight is 425 g/mol. The third-order valence-electron chi connectivity index (χ3n) is 4.97. The highest BCUT2D eigenvalue weighted by molar-refractivity contribution is 6.06. The Morgan fingerprint density at radius 1 is 1.12 bits per heavy atom. The van der Waals surface area contributed by atoms with Crippen molar-refractivity contribution in [1.82, 2.24) is 24.5 Å². The molecule has 1 amide bonds. The number of aromatic nitrogens is 5. The van der Waals surface area contributed by atoms with Crippen LogP contribution in [0.1, 0.15) is 54.1 Å². The third kappa shape index (κ3) is 5.16. The Balaban J connectivity index is 1.51. The monoisotopic (exact) mass is 424 g/mol. The number of nitrogens with one attached hydrogen (secondary N) is 1. The van der Waals surface area contributed by atoms with Gasteiger partial charge in [0.25, 0.3) is 5.91 Å². The lowest BCUT2D eigenvalue weighted by atomic mass is 10.1. The highest BCUT2D eigenvalue weighted by Crippen LogP contribution is 2.19. The van der Waals surface area contributed by atoms with Gasteiger partial charge in [0, 0.05) is 24.4 Å². The molecule has 0 saturated carbocycles. The van der Waals surface area contributed by atoms with Crippen molar-refractivity contribution in [2.75, 3.05) is 5.32 Å². The zero-order valence-electron chi connectivity index (χ0n) is 18.0. The zero-order chi connectivity index (χ0) is 22.2. The fraction of sp³-hybridized carbons (Fsp3) is 0.240. The summed E-state index contributed by atoms with van der Waals surface area (Å²) in [4.78, 5) is 29.5. The van der Waals surface area contributed by atoms with Crippen molar-refractivity contribution in [2.45, 2.75) is 39.2 Å². The van der Waals surface area contributed by atoms with Crippen LogP contribution in [0.2, 0.25) is 0 Å². The van der Waals surface area contributed by atoms with Gasteiger partial charge in [-0.2, -0.15) is 0 Å². The van der Waals surface area contributed by atoms with Crippen LogP contribution in [-0.4, -0.2) is 30.4 Å². The van der Waals surface area contributed by atoms with Gasteiger partial charge in [-0.05, 0) is 36.2 Å². The van der Waals surface area contributed by atoms with Gasteiger partial charge in [0.15, 0.2) is 17.0 Å². The first kappa shape index (κ1) is 21.2. The van der Waals surface area contributed by atoms with Crippen LogP contribution < -0.4 is 5.32 Å². The predicted molar refractivity (Wildman–Crippen MR) is 124 cm³/mol. The van der Waals surface area contributed by atoms with Crippen LogP contribution in [0.15, 0.2) is 61.4 Å². The quantitative estimate of drug-likeness (QED) is 0.350. The largest absolute Gasteiger partial charge is 0.311 e. The molecule has 3 aromatic heterocycles. The fourth-order valence-electron chi connectivity index (χ4n) is 3.34. The van der Waals surface area contributed by atoms with E-state index in [1.54, 1.807) is 24.7 Å². The molecule has 0 aliphatic carbocycles. The Morgan fingerprint density at radius 3 is 2.91 bits per heavy atom. The third-order valence-corrected chi connectivity index (χ3v) is 4.97. The summed E-state index contributed by atoms with van der Waals surface area (Å²) < 4.78 is 1.94. The van der Waals surface area contributed by atoms with Gasteiger partial charge in [-0.25, -0.2) is 15.0 Å². The van der Waals surface area contributed by atoms with Gasteiger partial charge in [-0.3, -0.25) is 9.78 Å². The van der Waals surface area contributed by atoms with Crippen LogP contribution in [0.25, 0.3) is 11.2 Å². The molecule has 0 atom stereocenters. The van der Waals surface area contributed by atoms with Crippen LogP contribution in [-0.2, 0) is 6.54 Å². The van der Waals surface area contributed by atoms with E-state index < -0.39 is 0 Å². The van der Waals surface area contributed by atoms with E-state index in [1.165, 1.54) is 25.4 Å². The zero-order valence-corrected chi connectivity index (χ0v) is 18.0. The molecule has 0 aliphatic heterocycles. The molecule has 0 unspecified atom stereocenters. The molecule has 1 N–H and O–H groups in total. The molecule has 0 saturated heterocycles. The number of nitrogens with zero attached hydrogens (tertiary/aromatic N) is 5. The summed E-state index contributed by atoms with van der Waals surface area (Å²) in [6.07, 6.45) is 10.8. The number of rotatable bonds is 7. The standard InChI is InChI=1S/C25H24N6O/c1-2-3-4-5-6-9-19-10-7-11-20(14-19)16-31-18-29-22-23(27-17-28-24(22)31)30-25(32)21-12-8-13-26-15-21/h7-8,10-15,17-18H,2-5,16H2,1H3,(H,27,28,30,32). The van der Waals surface area contributed by atoms with Crippen molar-refractivity contribution in [2.24, 2.45) is 0 Å². The summed E-state index contributed by atoms with van der Waals surface area (Å²) in [6, 6.07) is 11.6. The van der Waals surface area contributed by atoms with E-state index in [1.807, 2.05) is 16.7 Å². The van der Waals surface area contributed by atoms with Crippen LogP contribution in [0.5, 0.6) is 0 Å². The maximum Gasteiger partial charge on any atom is 0.258 e. The van der Waals surface area contributed by atoms with Gasteiger partial charge < -0.3 is 9.88 Å². The molecule has 4 aromatic rings. The van der Waals surface area contributed by atoms with Crippen molar-refractivity contribution in [3.05, 3.63) is 78.1 Å². The van der Waals surface area contributed by atoms with Gasteiger partial charge in [0.1, 0.15) is 6.33 Å². The molecule has 32 heavy (non-hydrogen) atoms. The number of carbonyl (C=O) groups is 1. The smallest absolute Gasteiger partial charge is 0.258 e. The Labute approximate surface area is 187 Å². The van der Waals surface area contributed by atoms with E-state index in [2.05, 4.69) is 56.2 Å². The highest BCUT2D eigenvalue weighted by Gasteiger charge is 2.14. The molecule has 7 nitrogen and oxygen atoms in total. The van der Waals surface area contributed by atoms with Crippen molar-refractivity contribution >= 4 is 22.9 Å². The lowest BCUT2D eigenvalue weighted by molar-refractivity contribution is 0.102. The van der Waals surface area contributed by atoms with Gasteiger partial charge in [-0.15, -0.1) is 0 Å². The second-order valence-electron chi connectivity index (χ2n) is 7.42. The number of carbonyl (C=O) groups excluding carboxylic acids is 1. The lowest BCUT2D eigenvalue weighted by Gasteiger charge is -2.06. The number of fused-ring (bicyclic) bond motifs is 1. The molecule has 3 heterocycles. The van der Waals surface area contributed by atoms with E-state index in [0.717, 1.165) is 24.0 Å². The Bertz CT molecular complexity index is 1270. The minimum Gasteiger partial charge on any atom is -0.311 e. The number of anilines is 1. The summed E-state index contributed by atoms with van der Waals surface area (Å²) in [5, 5.41) is 2.80. The number of amides is 1. The molecule has 0 aliphatic rings. The van der Waals surface area contributed by atoms with E-state index in [4.69, 9.17) is 0 Å². The maximum atomic E-state index is 12.5. The van der Waals surface area contributed by atoms with Crippen LogP contribution >= 0.6 is 0 Å². The number of imidazole rings is 1. The van der Waals surface area contributed by atoms with E-state index >= 15 is 0 Å². The molecule has 0 bridgehead atoms. The minimum atomic E-state index is -0.294. The van der Waals surface area contributed by atoms with Gasteiger partial charge in [0.2, 0.25) is 0 Å². The van der Waals surface area contributed by atoms with Crippen molar-refractivity contribution in [1.29, 1.82) is 0 Å². The Kier molecular flexibility index (Phi) is 6.83. The first-order valence-corrected chi connectivity index (χ1v) is 10.7. The SMILES string of the molecule is CCCCCC#Cc1cccc(Cn2cnc3c(NC(=O)c4cccnc4)ncnc32)c1. The first-order valence-electron chi connectivity index (χ1n) is 10.7. The van der Waals surface area contributed by atoms with Crippen molar-refractivity contribution in [3.63, 3.8) is 0 Å². The van der Waals surface area contributed by atoms with Crippen molar-refractivity contribution < 1.29 is 4.79 Å². The lowest BCUT2D eigenvalue weighted by Crippen LogP contribution is -2.13. The number of hydrogen-bond donors (Lipinski definition) is 1. The van der Waals surface area contributed by atoms with Crippen LogP contribution in [0.3, 0.4) is 0 Å². The minimum absolute atomic E-state index is 0.294. The first-order chi connectivity index (χ1) is 15.7. The maximum absolute atomic E-state index is 12.5. The molecule has 0 spiro atoms. The van der Waals surface area contributed by atoms with E-state index in [9.17, 15) is 4.79 Å². The number of hydrogen-bond acceptors (Lipinski definition) is 5. The van der Waals surface area contributed by atoms with Gasteiger partial charge in [0.05, 0.1) is 18.4 Å². The number of pyridine rings is 1. The van der Waals surface area contributed by atoms with Gasteiger partial charge >= 0.3 is 0 Å². The van der Waals surface area contributed by atoms with Gasteiger partial charge in [-0.1, -0.05) is 43.7 Å². The molecule has 4 rings (SSSR count). The summed E-state index contributed by atoms with van der Waals surface area (Å²) in [7, 11) is 0. The molecular weight excluding hydrogens is 400 g/mol. The highest BCUT2D eigenvalue weighted by atomic mass is 16.1. The number of unbranched alkanes of at least 4 members (excludes halogenated alkanes) is 3. The second kappa shape index (κ2) is 10.3. The average Bonchev–Trinajstić information content (AvgIpc) is 3.23. The second-order valence-corrected chi connectivity index (χ2v) is 7.42. The molecule has 0 radical (unpaired) electrons. The molecule has 1 aromatic carbocycles. The molecule has 160 valence electrons. The molecule has 0 fully saturated rings.